The van der Waals surface area contributed by atoms with Gasteiger partial charge in [-0.2, -0.15) is 0 Å². The summed E-state index contributed by atoms with van der Waals surface area (Å²) in [5, 5.41) is 3.36. The third kappa shape index (κ3) is 3.96. The van der Waals surface area contributed by atoms with Gasteiger partial charge in [0, 0.05) is 17.0 Å². The number of carbonyl (C=O) groups excluding carboxylic acids is 1. The number of amides is 1. The van der Waals surface area contributed by atoms with Crippen LogP contribution in [0, 0.1) is 6.92 Å². The van der Waals surface area contributed by atoms with Crippen molar-refractivity contribution in [3.05, 3.63) is 53.6 Å². The number of halogens is 3. The maximum Gasteiger partial charge on any atom is 0.573 e. The molecule has 0 aliphatic rings. The van der Waals surface area contributed by atoms with Gasteiger partial charge < -0.3 is 19.5 Å². The highest BCUT2D eigenvalue weighted by molar-refractivity contribution is 5.98. The van der Waals surface area contributed by atoms with Crippen molar-refractivity contribution >= 4 is 16.8 Å². The lowest BCUT2D eigenvalue weighted by Crippen LogP contribution is -2.26. The molecule has 132 valence electrons. The molecule has 0 radical (unpaired) electrons. The van der Waals surface area contributed by atoms with E-state index in [0.29, 0.717) is 16.7 Å². The summed E-state index contributed by atoms with van der Waals surface area (Å²) in [7, 11) is 0. The average Bonchev–Trinajstić information content (AvgIpc) is 3.11. The predicted molar refractivity (Wildman–Crippen MR) is 84.3 cm³/mol. The second-order valence-electron chi connectivity index (χ2n) is 5.62. The number of rotatable bonds is 4. The highest BCUT2D eigenvalue weighted by Gasteiger charge is 2.31. The third-order valence-electron chi connectivity index (χ3n) is 3.61. The molecule has 2 aromatic heterocycles. The van der Waals surface area contributed by atoms with Crippen LogP contribution in [0.5, 0.6) is 5.75 Å². The van der Waals surface area contributed by atoms with Crippen molar-refractivity contribution in [3.8, 4) is 5.75 Å². The molecule has 8 heteroatoms. The molecule has 3 aromatic rings. The van der Waals surface area contributed by atoms with Crippen LogP contribution in [-0.4, -0.2) is 17.3 Å². The number of fused-ring (bicyclic) bond motifs is 1. The standard InChI is InChI=1S/C17H15F3N2O3/c1-9-3-6-15(24-9)10(2)21-16(23)14-7-11-4-5-12(8-13(11)22-14)25-17(18,19)20/h3-8,10,22H,1-2H3,(H,21,23). The van der Waals surface area contributed by atoms with Gasteiger partial charge in [0.1, 0.15) is 23.0 Å². The number of aromatic amines is 1. The molecule has 1 amide bonds. The van der Waals surface area contributed by atoms with Gasteiger partial charge in [0.15, 0.2) is 0 Å². The Morgan fingerprint density at radius 2 is 2.00 bits per heavy atom. The van der Waals surface area contributed by atoms with Gasteiger partial charge in [0.05, 0.1) is 6.04 Å². The number of carbonyl (C=O) groups is 1. The average molecular weight is 352 g/mol. The molecule has 5 nitrogen and oxygen atoms in total. The first-order chi connectivity index (χ1) is 11.7. The van der Waals surface area contributed by atoms with E-state index in [1.807, 2.05) is 0 Å². The molecular weight excluding hydrogens is 337 g/mol. The van der Waals surface area contributed by atoms with Crippen LogP contribution >= 0.6 is 0 Å². The smallest absolute Gasteiger partial charge is 0.464 e. The van der Waals surface area contributed by atoms with E-state index in [1.54, 1.807) is 32.0 Å². The van der Waals surface area contributed by atoms with Crippen molar-refractivity contribution in [2.75, 3.05) is 0 Å². The molecule has 1 atom stereocenters. The van der Waals surface area contributed by atoms with E-state index >= 15 is 0 Å². The fourth-order valence-electron chi connectivity index (χ4n) is 2.46. The molecule has 0 aliphatic heterocycles. The van der Waals surface area contributed by atoms with E-state index < -0.39 is 12.3 Å². The van der Waals surface area contributed by atoms with Crippen molar-refractivity contribution in [1.82, 2.24) is 10.3 Å². The lowest BCUT2D eigenvalue weighted by Gasteiger charge is -2.10. The van der Waals surface area contributed by atoms with Crippen LogP contribution in [0.4, 0.5) is 13.2 Å². The van der Waals surface area contributed by atoms with Gasteiger partial charge in [-0.1, -0.05) is 0 Å². The highest BCUT2D eigenvalue weighted by atomic mass is 19.4. The lowest BCUT2D eigenvalue weighted by molar-refractivity contribution is -0.274. The van der Waals surface area contributed by atoms with Gasteiger partial charge in [0.2, 0.25) is 0 Å². The quantitative estimate of drug-likeness (QED) is 0.728. The van der Waals surface area contributed by atoms with Crippen LogP contribution in [0.1, 0.15) is 35.0 Å². The Morgan fingerprint density at radius 1 is 1.24 bits per heavy atom. The van der Waals surface area contributed by atoms with Crippen LogP contribution in [0.25, 0.3) is 10.9 Å². The van der Waals surface area contributed by atoms with Gasteiger partial charge in [-0.25, -0.2) is 0 Å². The number of nitrogens with one attached hydrogen (secondary N) is 2. The Hall–Kier alpha value is -2.90. The van der Waals surface area contributed by atoms with E-state index in [-0.39, 0.29) is 17.5 Å². The fourth-order valence-corrected chi connectivity index (χ4v) is 2.46. The zero-order valence-corrected chi connectivity index (χ0v) is 13.4. The topological polar surface area (TPSA) is 67.3 Å². The molecule has 1 aromatic carbocycles. The minimum atomic E-state index is -4.77. The van der Waals surface area contributed by atoms with Crippen molar-refractivity contribution in [2.24, 2.45) is 0 Å². The molecule has 3 rings (SSSR count). The summed E-state index contributed by atoms with van der Waals surface area (Å²) in [6.07, 6.45) is -4.77. The first-order valence-electron chi connectivity index (χ1n) is 7.47. The van der Waals surface area contributed by atoms with E-state index in [1.165, 1.54) is 18.2 Å². The Labute approximate surface area is 140 Å². The number of ether oxygens (including phenoxy) is 1. The zero-order chi connectivity index (χ0) is 18.2. The summed E-state index contributed by atoms with van der Waals surface area (Å²) < 4.78 is 46.2. The molecule has 1 unspecified atom stereocenters. The number of hydrogen-bond donors (Lipinski definition) is 2. The lowest BCUT2D eigenvalue weighted by atomic mass is 10.2. The largest absolute Gasteiger partial charge is 0.573 e. The Morgan fingerprint density at radius 3 is 2.64 bits per heavy atom. The number of aryl methyl sites for hydroxylation is 1. The van der Waals surface area contributed by atoms with E-state index in [4.69, 9.17) is 4.42 Å². The monoisotopic (exact) mass is 352 g/mol. The summed E-state index contributed by atoms with van der Waals surface area (Å²) in [5.41, 5.74) is 0.600. The maximum atomic E-state index is 12.3. The molecule has 0 spiro atoms. The van der Waals surface area contributed by atoms with E-state index in [0.717, 1.165) is 5.76 Å². The molecule has 2 heterocycles. The minimum absolute atomic E-state index is 0.231. The third-order valence-corrected chi connectivity index (χ3v) is 3.61. The molecule has 25 heavy (non-hydrogen) atoms. The number of hydrogen-bond acceptors (Lipinski definition) is 3. The second-order valence-corrected chi connectivity index (χ2v) is 5.62. The Bertz CT molecular complexity index is 911. The Kier molecular flexibility index (Phi) is 4.20. The van der Waals surface area contributed by atoms with E-state index in [9.17, 15) is 18.0 Å². The number of furan rings is 1. The highest BCUT2D eigenvalue weighted by Crippen LogP contribution is 2.27. The molecule has 0 aliphatic carbocycles. The Balaban J connectivity index is 1.77. The van der Waals surface area contributed by atoms with Crippen molar-refractivity contribution < 1.29 is 27.1 Å². The molecule has 0 bridgehead atoms. The SMILES string of the molecule is Cc1ccc(C(C)NC(=O)c2cc3ccc(OC(F)(F)F)cc3[nH]2)o1. The molecule has 0 saturated carbocycles. The van der Waals surface area contributed by atoms with Gasteiger partial charge >= 0.3 is 6.36 Å². The summed E-state index contributed by atoms with van der Waals surface area (Å²) in [4.78, 5) is 15.1. The molecule has 0 fully saturated rings. The molecule has 0 saturated heterocycles. The van der Waals surface area contributed by atoms with Crippen LogP contribution in [0.15, 0.2) is 40.8 Å². The minimum Gasteiger partial charge on any atom is -0.464 e. The maximum absolute atomic E-state index is 12.3. The van der Waals surface area contributed by atoms with Crippen LogP contribution in [-0.2, 0) is 0 Å². The van der Waals surface area contributed by atoms with Crippen molar-refractivity contribution in [2.45, 2.75) is 26.3 Å². The second kappa shape index (κ2) is 6.19. The number of H-pyrrole nitrogens is 1. The number of alkyl halides is 3. The van der Waals surface area contributed by atoms with Gasteiger partial charge in [-0.05, 0) is 44.2 Å². The summed E-state index contributed by atoms with van der Waals surface area (Å²) in [6, 6.07) is 8.61. The molecular formula is C17H15F3N2O3. The summed E-state index contributed by atoms with van der Waals surface area (Å²) in [5.74, 6) is 0.603. The van der Waals surface area contributed by atoms with Crippen LogP contribution < -0.4 is 10.1 Å². The summed E-state index contributed by atoms with van der Waals surface area (Å²) >= 11 is 0. The normalized spacial score (nSPS) is 13.0. The van der Waals surface area contributed by atoms with Gasteiger partial charge in [0.25, 0.3) is 5.91 Å². The van der Waals surface area contributed by atoms with Crippen molar-refractivity contribution in [3.63, 3.8) is 0 Å². The van der Waals surface area contributed by atoms with Crippen LogP contribution in [0.3, 0.4) is 0 Å². The zero-order valence-electron chi connectivity index (χ0n) is 13.4. The fraction of sp³-hybridized carbons (Fsp3) is 0.235. The van der Waals surface area contributed by atoms with Gasteiger partial charge in [-0.3, -0.25) is 4.79 Å². The van der Waals surface area contributed by atoms with Crippen LogP contribution in [0.2, 0.25) is 0 Å². The van der Waals surface area contributed by atoms with Crippen molar-refractivity contribution in [1.29, 1.82) is 0 Å². The first kappa shape index (κ1) is 16.9. The first-order valence-corrected chi connectivity index (χ1v) is 7.47. The molecule has 2 N–H and O–H groups in total. The van der Waals surface area contributed by atoms with Gasteiger partial charge in [-0.15, -0.1) is 13.2 Å². The predicted octanol–water partition coefficient (Wildman–Crippen LogP) is 4.46. The number of benzene rings is 1. The van der Waals surface area contributed by atoms with E-state index in [2.05, 4.69) is 15.0 Å². The summed E-state index contributed by atoms with van der Waals surface area (Å²) in [6.45, 7) is 3.57. The number of aromatic nitrogens is 1.